The zero-order valence-electron chi connectivity index (χ0n) is 18.7. The third-order valence-electron chi connectivity index (χ3n) is 5.84. The molecule has 4 rings (SSSR count). The van der Waals surface area contributed by atoms with Crippen molar-refractivity contribution < 1.29 is 9.59 Å². The highest BCUT2D eigenvalue weighted by Gasteiger charge is 2.26. The van der Waals surface area contributed by atoms with Crippen LogP contribution in [0.1, 0.15) is 35.6 Å². The Balaban J connectivity index is 1.59. The highest BCUT2D eigenvalue weighted by Crippen LogP contribution is 2.33. The van der Waals surface area contributed by atoms with Gasteiger partial charge in [-0.15, -0.1) is 0 Å². The first kappa shape index (κ1) is 21.5. The molecule has 1 N–H and O–H groups in total. The smallest absolute Gasteiger partial charge is 0.244 e. The van der Waals surface area contributed by atoms with Gasteiger partial charge in [0.25, 0.3) is 0 Å². The zero-order valence-corrected chi connectivity index (χ0v) is 18.7. The number of hydrogen-bond acceptors (Lipinski definition) is 3. The van der Waals surface area contributed by atoms with Gasteiger partial charge in [0.05, 0.1) is 23.5 Å². The van der Waals surface area contributed by atoms with Gasteiger partial charge in [-0.05, 0) is 72.9 Å². The van der Waals surface area contributed by atoms with E-state index in [1.54, 1.807) is 0 Å². The number of rotatable bonds is 5. The van der Waals surface area contributed by atoms with Gasteiger partial charge in [-0.1, -0.05) is 43.3 Å². The predicted octanol–water partition coefficient (Wildman–Crippen LogP) is 5.36. The topological polar surface area (TPSA) is 61.8 Å². The van der Waals surface area contributed by atoms with Crippen LogP contribution in [-0.4, -0.2) is 24.1 Å². The van der Waals surface area contributed by atoms with Crippen LogP contribution in [0.2, 0.25) is 0 Å². The van der Waals surface area contributed by atoms with Gasteiger partial charge in [0.1, 0.15) is 6.54 Å². The number of benzene rings is 3. The third-order valence-corrected chi connectivity index (χ3v) is 5.84. The summed E-state index contributed by atoms with van der Waals surface area (Å²) in [6.45, 7) is 6.13. The molecule has 0 saturated heterocycles. The second-order valence-corrected chi connectivity index (χ2v) is 8.10. The van der Waals surface area contributed by atoms with Crippen molar-refractivity contribution in [3.63, 3.8) is 0 Å². The summed E-state index contributed by atoms with van der Waals surface area (Å²) in [6.07, 6.45) is 1.08. The molecule has 0 aromatic heterocycles. The van der Waals surface area contributed by atoms with Crippen LogP contribution < -0.4 is 10.2 Å². The molecule has 0 atom stereocenters. The summed E-state index contributed by atoms with van der Waals surface area (Å²) in [5.74, 6) is -0.393. The van der Waals surface area contributed by atoms with Crippen LogP contribution >= 0.6 is 0 Å². The van der Waals surface area contributed by atoms with Crippen LogP contribution in [-0.2, 0) is 16.0 Å². The van der Waals surface area contributed by atoms with Crippen LogP contribution in [0.25, 0.3) is 0 Å². The number of nitrogens with one attached hydrogen (secondary N) is 1. The Morgan fingerprint density at radius 2 is 1.75 bits per heavy atom. The Morgan fingerprint density at radius 1 is 1.00 bits per heavy atom. The molecule has 0 aliphatic carbocycles. The quantitative estimate of drug-likeness (QED) is 0.598. The maximum Gasteiger partial charge on any atom is 0.244 e. The van der Waals surface area contributed by atoms with E-state index in [4.69, 9.17) is 4.99 Å². The number of fused-ring (bicyclic) bond motifs is 1. The molecule has 0 bridgehead atoms. The van der Waals surface area contributed by atoms with Crippen molar-refractivity contribution in [3.8, 4) is 0 Å². The minimum absolute atomic E-state index is 0.0684. The molecular formula is C27H27N3O2. The fourth-order valence-electron chi connectivity index (χ4n) is 3.77. The van der Waals surface area contributed by atoms with Gasteiger partial charge in [-0.3, -0.25) is 14.6 Å². The first-order valence-corrected chi connectivity index (χ1v) is 10.9. The van der Waals surface area contributed by atoms with E-state index in [9.17, 15) is 9.59 Å². The molecular weight excluding hydrogens is 398 g/mol. The van der Waals surface area contributed by atoms with Crippen molar-refractivity contribution >= 4 is 34.6 Å². The minimum Gasteiger partial charge on any atom is -0.325 e. The Bertz CT molecular complexity index is 1200. The van der Waals surface area contributed by atoms with Crippen LogP contribution in [0, 0.1) is 13.8 Å². The zero-order chi connectivity index (χ0) is 22.7. The average Bonchev–Trinajstić information content (AvgIpc) is 2.93. The highest BCUT2D eigenvalue weighted by molar-refractivity contribution is 6.19. The summed E-state index contributed by atoms with van der Waals surface area (Å²) in [4.78, 5) is 32.4. The van der Waals surface area contributed by atoms with Crippen LogP contribution in [0.15, 0.2) is 71.7 Å². The van der Waals surface area contributed by atoms with E-state index < -0.39 is 0 Å². The van der Waals surface area contributed by atoms with Crippen molar-refractivity contribution in [2.24, 2.45) is 4.99 Å². The van der Waals surface area contributed by atoms with Crippen molar-refractivity contribution in [3.05, 3.63) is 89.0 Å². The van der Waals surface area contributed by atoms with Crippen molar-refractivity contribution in [1.82, 2.24) is 0 Å². The largest absolute Gasteiger partial charge is 0.325 e. The summed E-state index contributed by atoms with van der Waals surface area (Å²) in [6, 6.07) is 21.3. The Morgan fingerprint density at radius 3 is 2.47 bits per heavy atom. The summed E-state index contributed by atoms with van der Waals surface area (Å²) >= 11 is 0. The molecule has 0 fully saturated rings. The van der Waals surface area contributed by atoms with Gasteiger partial charge in [0.15, 0.2) is 0 Å². The molecule has 3 aromatic rings. The summed E-state index contributed by atoms with van der Waals surface area (Å²) < 4.78 is 0. The molecule has 1 aliphatic heterocycles. The molecule has 0 unspecified atom stereocenters. The van der Waals surface area contributed by atoms with E-state index in [1.165, 1.54) is 16.0 Å². The number of aryl methyl sites for hydroxylation is 3. The lowest BCUT2D eigenvalue weighted by Crippen LogP contribution is -2.38. The van der Waals surface area contributed by atoms with E-state index >= 15 is 0 Å². The summed E-state index contributed by atoms with van der Waals surface area (Å²) in [5.41, 5.74) is 7.24. The molecule has 5 nitrogen and oxygen atoms in total. The minimum atomic E-state index is -0.243. The van der Waals surface area contributed by atoms with Gasteiger partial charge < -0.3 is 10.2 Å². The molecule has 1 heterocycles. The number of carbonyl (C=O) groups is 2. The van der Waals surface area contributed by atoms with E-state index in [0.29, 0.717) is 17.1 Å². The average molecular weight is 426 g/mol. The lowest BCUT2D eigenvalue weighted by molar-refractivity contribution is -0.120. The Hall–Kier alpha value is -3.73. The predicted molar refractivity (Wildman–Crippen MR) is 130 cm³/mol. The second kappa shape index (κ2) is 9.18. The first-order chi connectivity index (χ1) is 15.4. The van der Waals surface area contributed by atoms with Gasteiger partial charge >= 0.3 is 0 Å². The van der Waals surface area contributed by atoms with Crippen LogP contribution in [0.3, 0.4) is 0 Å². The van der Waals surface area contributed by atoms with Gasteiger partial charge in [0, 0.05) is 5.69 Å². The fourth-order valence-corrected chi connectivity index (χ4v) is 3.77. The second-order valence-electron chi connectivity index (χ2n) is 8.10. The lowest BCUT2D eigenvalue weighted by atomic mass is 10.0. The first-order valence-electron chi connectivity index (χ1n) is 10.9. The standard InChI is InChI=1S/C27H27N3O2/c1-4-20-10-13-22(14-11-20)28-26(31)17-30-25-8-6-5-7-23(25)29-24(16-27(30)32)21-12-9-18(2)19(3)15-21/h5-15H,4,16-17H2,1-3H3,(H,28,31). The van der Waals surface area contributed by atoms with Crippen molar-refractivity contribution in [2.45, 2.75) is 33.6 Å². The molecule has 3 aromatic carbocycles. The molecule has 162 valence electrons. The van der Waals surface area contributed by atoms with Gasteiger partial charge in [-0.25, -0.2) is 0 Å². The Labute approximate surface area is 188 Å². The normalized spacial score (nSPS) is 13.3. The maximum atomic E-state index is 13.2. The summed E-state index contributed by atoms with van der Waals surface area (Å²) in [5, 5.41) is 2.90. The molecule has 0 spiro atoms. The molecule has 1 aliphatic rings. The SMILES string of the molecule is CCc1ccc(NC(=O)CN2C(=O)CC(c3ccc(C)c(C)c3)=Nc3ccccc32)cc1. The fraction of sp³-hybridized carbons (Fsp3) is 0.222. The lowest BCUT2D eigenvalue weighted by Gasteiger charge is -2.22. The van der Waals surface area contributed by atoms with Crippen LogP contribution in [0.4, 0.5) is 17.1 Å². The number of para-hydroxylation sites is 2. The van der Waals surface area contributed by atoms with Gasteiger partial charge in [-0.2, -0.15) is 0 Å². The van der Waals surface area contributed by atoms with E-state index in [0.717, 1.165) is 23.2 Å². The number of hydrogen-bond donors (Lipinski definition) is 1. The number of carbonyl (C=O) groups excluding carboxylic acids is 2. The third kappa shape index (κ3) is 4.62. The van der Waals surface area contributed by atoms with Crippen molar-refractivity contribution in [1.29, 1.82) is 0 Å². The summed E-state index contributed by atoms with van der Waals surface area (Å²) in [7, 11) is 0. The molecule has 2 amide bonds. The molecule has 5 heteroatoms. The monoisotopic (exact) mass is 425 g/mol. The van der Waals surface area contributed by atoms with Crippen LogP contribution in [0.5, 0.6) is 0 Å². The molecule has 0 saturated carbocycles. The molecule has 32 heavy (non-hydrogen) atoms. The molecule has 0 radical (unpaired) electrons. The van der Waals surface area contributed by atoms with E-state index in [-0.39, 0.29) is 24.8 Å². The van der Waals surface area contributed by atoms with Gasteiger partial charge in [0.2, 0.25) is 11.8 Å². The highest BCUT2D eigenvalue weighted by atomic mass is 16.2. The maximum absolute atomic E-state index is 13.2. The number of amides is 2. The number of nitrogens with zero attached hydrogens (tertiary/aromatic N) is 2. The van der Waals surface area contributed by atoms with Crippen molar-refractivity contribution in [2.75, 3.05) is 16.8 Å². The number of anilines is 2. The van der Waals surface area contributed by atoms with E-state index in [2.05, 4.69) is 32.2 Å². The van der Waals surface area contributed by atoms with E-state index in [1.807, 2.05) is 60.7 Å². The number of aliphatic imine (C=N–C) groups is 1. The Kier molecular flexibility index (Phi) is 6.17.